The Hall–Kier alpha value is -1.06. The van der Waals surface area contributed by atoms with Crippen LogP contribution in [0.15, 0.2) is 18.2 Å². The zero-order valence-electron chi connectivity index (χ0n) is 9.11. The maximum atomic E-state index is 10.8. The molecule has 0 amide bonds. The Morgan fingerprint density at radius 1 is 1.50 bits per heavy atom. The minimum Gasteiger partial charge on any atom is -0.479 e. The Bertz CT molecular complexity index is 377. The number of aliphatic hydroxyl groups excluding tert-OH is 1. The fourth-order valence-corrected chi connectivity index (χ4v) is 1.87. The molecule has 0 bridgehead atoms. The van der Waals surface area contributed by atoms with Crippen molar-refractivity contribution < 1.29 is 15.0 Å². The van der Waals surface area contributed by atoms with Crippen LogP contribution in [-0.4, -0.2) is 22.1 Å². The van der Waals surface area contributed by atoms with Crippen molar-refractivity contribution in [3.05, 3.63) is 34.9 Å². The van der Waals surface area contributed by atoms with Gasteiger partial charge in [-0.2, -0.15) is 0 Å². The van der Waals surface area contributed by atoms with Crippen molar-refractivity contribution in [2.75, 3.05) is 5.88 Å². The summed E-state index contributed by atoms with van der Waals surface area (Å²) in [4.78, 5) is 10.8. The van der Waals surface area contributed by atoms with E-state index in [9.17, 15) is 9.90 Å². The molecule has 0 radical (unpaired) electrons. The summed E-state index contributed by atoms with van der Waals surface area (Å²) in [5, 5.41) is 18.5. The number of halogens is 1. The van der Waals surface area contributed by atoms with Gasteiger partial charge in [0.2, 0.25) is 0 Å². The lowest BCUT2D eigenvalue weighted by molar-refractivity contribution is -0.147. The van der Waals surface area contributed by atoms with Gasteiger partial charge in [-0.1, -0.05) is 18.2 Å². The van der Waals surface area contributed by atoms with Crippen molar-refractivity contribution >= 4 is 17.6 Å². The standard InChI is InChI=1S/C12H15ClO3/c1-8-4-2-5-9(6-3-7-13)10(8)11(14)12(15)16/h2,4-5,11,14H,3,6-7H2,1H3,(H,15,16). The summed E-state index contributed by atoms with van der Waals surface area (Å²) in [5.74, 6) is -0.697. The Balaban J connectivity index is 3.07. The Labute approximate surface area is 99.7 Å². The second-order valence-corrected chi connectivity index (χ2v) is 4.06. The lowest BCUT2D eigenvalue weighted by Crippen LogP contribution is -2.14. The SMILES string of the molecule is Cc1cccc(CCCCl)c1C(O)C(=O)O. The van der Waals surface area contributed by atoms with Crippen LogP contribution in [0.1, 0.15) is 29.2 Å². The van der Waals surface area contributed by atoms with Crippen LogP contribution in [0.25, 0.3) is 0 Å². The van der Waals surface area contributed by atoms with Gasteiger partial charge in [0.1, 0.15) is 0 Å². The highest BCUT2D eigenvalue weighted by Crippen LogP contribution is 2.23. The number of hydrogen-bond acceptors (Lipinski definition) is 2. The molecule has 1 aromatic carbocycles. The molecule has 1 unspecified atom stereocenters. The van der Waals surface area contributed by atoms with Gasteiger partial charge in [0, 0.05) is 5.88 Å². The second kappa shape index (κ2) is 5.87. The lowest BCUT2D eigenvalue weighted by Gasteiger charge is -2.14. The van der Waals surface area contributed by atoms with E-state index in [4.69, 9.17) is 16.7 Å². The zero-order valence-corrected chi connectivity index (χ0v) is 9.87. The smallest absolute Gasteiger partial charge is 0.337 e. The Kier molecular flexibility index (Phi) is 4.77. The highest BCUT2D eigenvalue weighted by molar-refractivity contribution is 6.17. The second-order valence-electron chi connectivity index (χ2n) is 3.68. The lowest BCUT2D eigenvalue weighted by atomic mass is 9.94. The van der Waals surface area contributed by atoms with Gasteiger partial charge in [0.15, 0.2) is 6.10 Å². The van der Waals surface area contributed by atoms with E-state index < -0.39 is 12.1 Å². The van der Waals surface area contributed by atoms with Crippen molar-refractivity contribution in [3.63, 3.8) is 0 Å². The molecule has 0 aromatic heterocycles. The van der Waals surface area contributed by atoms with Crippen molar-refractivity contribution in [2.45, 2.75) is 25.9 Å². The van der Waals surface area contributed by atoms with Gasteiger partial charge in [-0.15, -0.1) is 11.6 Å². The quantitative estimate of drug-likeness (QED) is 0.779. The summed E-state index contributed by atoms with van der Waals surface area (Å²) in [5.41, 5.74) is 2.15. The van der Waals surface area contributed by atoms with E-state index in [1.807, 2.05) is 12.1 Å². The molecular weight excluding hydrogens is 228 g/mol. The normalized spacial score (nSPS) is 12.4. The summed E-state index contributed by atoms with van der Waals surface area (Å²) in [6.07, 6.45) is 0.00128. The first-order valence-electron chi connectivity index (χ1n) is 5.13. The molecule has 0 aliphatic rings. The molecule has 0 aliphatic heterocycles. The predicted molar refractivity (Wildman–Crippen MR) is 62.8 cm³/mol. The molecular formula is C12H15ClO3. The molecule has 0 spiro atoms. The van der Waals surface area contributed by atoms with Crippen molar-refractivity contribution in [2.24, 2.45) is 0 Å². The topological polar surface area (TPSA) is 57.5 Å². The molecule has 0 saturated heterocycles. The minimum absolute atomic E-state index is 0.500. The first-order valence-corrected chi connectivity index (χ1v) is 5.66. The molecule has 3 nitrogen and oxygen atoms in total. The summed E-state index contributed by atoms with van der Waals surface area (Å²) < 4.78 is 0. The number of rotatable bonds is 5. The third-order valence-corrected chi connectivity index (χ3v) is 2.77. The van der Waals surface area contributed by atoms with E-state index in [2.05, 4.69) is 0 Å². The first-order chi connectivity index (χ1) is 7.57. The number of benzene rings is 1. The van der Waals surface area contributed by atoms with E-state index in [0.717, 1.165) is 17.5 Å². The summed E-state index contributed by atoms with van der Waals surface area (Å²) >= 11 is 5.61. The van der Waals surface area contributed by atoms with Gasteiger partial charge in [-0.3, -0.25) is 0 Å². The average molecular weight is 243 g/mol. The van der Waals surface area contributed by atoms with E-state index in [-0.39, 0.29) is 0 Å². The van der Waals surface area contributed by atoms with Gasteiger partial charge in [0.25, 0.3) is 0 Å². The van der Waals surface area contributed by atoms with Crippen molar-refractivity contribution in [1.29, 1.82) is 0 Å². The van der Waals surface area contributed by atoms with Crippen LogP contribution in [0, 0.1) is 6.92 Å². The summed E-state index contributed by atoms with van der Waals surface area (Å²) in [7, 11) is 0. The number of carboxylic acid groups (broad SMARTS) is 1. The Morgan fingerprint density at radius 2 is 2.19 bits per heavy atom. The predicted octanol–water partition coefficient (Wildman–Crippen LogP) is 2.28. The van der Waals surface area contributed by atoms with Crippen LogP contribution >= 0.6 is 11.6 Å². The fraction of sp³-hybridized carbons (Fsp3) is 0.417. The molecule has 2 N–H and O–H groups in total. The molecule has 1 atom stereocenters. The molecule has 16 heavy (non-hydrogen) atoms. The molecule has 0 saturated carbocycles. The van der Waals surface area contributed by atoms with E-state index in [0.29, 0.717) is 17.9 Å². The number of aliphatic hydroxyl groups is 1. The van der Waals surface area contributed by atoms with Crippen molar-refractivity contribution in [1.82, 2.24) is 0 Å². The fourth-order valence-electron chi connectivity index (χ4n) is 1.73. The van der Waals surface area contributed by atoms with E-state index in [1.165, 1.54) is 0 Å². The van der Waals surface area contributed by atoms with Crippen LogP contribution in [0.3, 0.4) is 0 Å². The molecule has 4 heteroatoms. The van der Waals surface area contributed by atoms with Gasteiger partial charge >= 0.3 is 5.97 Å². The van der Waals surface area contributed by atoms with Gasteiger partial charge < -0.3 is 10.2 Å². The summed E-state index contributed by atoms with van der Waals surface area (Å²) in [6, 6.07) is 5.49. The minimum atomic E-state index is -1.45. The van der Waals surface area contributed by atoms with Crippen LogP contribution in [-0.2, 0) is 11.2 Å². The number of alkyl halides is 1. The van der Waals surface area contributed by atoms with Gasteiger partial charge in [0.05, 0.1) is 0 Å². The summed E-state index contributed by atoms with van der Waals surface area (Å²) in [6.45, 7) is 1.80. The van der Waals surface area contributed by atoms with Gasteiger partial charge in [-0.05, 0) is 36.5 Å². The first kappa shape index (κ1) is 13.0. The monoisotopic (exact) mass is 242 g/mol. The largest absolute Gasteiger partial charge is 0.479 e. The highest BCUT2D eigenvalue weighted by atomic mass is 35.5. The molecule has 1 aromatic rings. The maximum Gasteiger partial charge on any atom is 0.337 e. The van der Waals surface area contributed by atoms with Gasteiger partial charge in [-0.25, -0.2) is 4.79 Å². The molecule has 1 rings (SSSR count). The molecule has 88 valence electrons. The third kappa shape index (κ3) is 2.97. The number of carboxylic acids is 1. The van der Waals surface area contributed by atoms with E-state index >= 15 is 0 Å². The number of aliphatic carboxylic acids is 1. The number of carbonyl (C=O) groups is 1. The molecule has 0 fully saturated rings. The zero-order chi connectivity index (χ0) is 12.1. The average Bonchev–Trinajstić information content (AvgIpc) is 2.25. The van der Waals surface area contributed by atoms with Crippen LogP contribution in [0.4, 0.5) is 0 Å². The Morgan fingerprint density at radius 3 is 2.75 bits per heavy atom. The van der Waals surface area contributed by atoms with Crippen LogP contribution in [0.5, 0.6) is 0 Å². The van der Waals surface area contributed by atoms with Crippen molar-refractivity contribution in [3.8, 4) is 0 Å². The maximum absolute atomic E-state index is 10.8. The number of aryl methyl sites for hydroxylation is 2. The highest BCUT2D eigenvalue weighted by Gasteiger charge is 2.20. The molecule has 0 heterocycles. The van der Waals surface area contributed by atoms with Crippen LogP contribution < -0.4 is 0 Å². The van der Waals surface area contributed by atoms with Crippen LogP contribution in [0.2, 0.25) is 0 Å². The van der Waals surface area contributed by atoms with E-state index in [1.54, 1.807) is 13.0 Å². The third-order valence-electron chi connectivity index (χ3n) is 2.50. The molecule has 0 aliphatic carbocycles. The number of hydrogen-bond donors (Lipinski definition) is 2.